The maximum absolute atomic E-state index is 13.4. The van der Waals surface area contributed by atoms with Crippen molar-refractivity contribution in [2.75, 3.05) is 6.54 Å². The Morgan fingerprint density at radius 2 is 1.77 bits per heavy atom. The van der Waals surface area contributed by atoms with Gasteiger partial charge in [-0.3, -0.25) is 14.2 Å². The molecule has 3 aromatic rings. The molecule has 1 saturated heterocycles. The first-order valence-electron chi connectivity index (χ1n) is 10.6. The molecule has 2 heterocycles. The fraction of sp³-hybridized carbons (Fsp3) is 0.375. The third-order valence-corrected chi connectivity index (χ3v) is 6.05. The molecular formula is C24H27N3O3. The molecule has 0 spiro atoms. The summed E-state index contributed by atoms with van der Waals surface area (Å²) in [4.78, 5) is 41.6. The van der Waals surface area contributed by atoms with E-state index in [4.69, 9.17) is 0 Å². The normalized spacial score (nSPS) is 16.7. The molecule has 30 heavy (non-hydrogen) atoms. The fourth-order valence-electron chi connectivity index (χ4n) is 4.37. The van der Waals surface area contributed by atoms with Crippen molar-refractivity contribution in [1.82, 2.24) is 14.0 Å². The number of amides is 1. The van der Waals surface area contributed by atoms with Crippen LogP contribution in [0.2, 0.25) is 0 Å². The molecule has 1 aromatic heterocycles. The summed E-state index contributed by atoms with van der Waals surface area (Å²) in [6.45, 7) is 4.70. The van der Waals surface area contributed by atoms with Crippen LogP contribution in [-0.2, 0) is 11.3 Å². The largest absolute Gasteiger partial charge is 0.338 e. The van der Waals surface area contributed by atoms with Crippen molar-refractivity contribution in [3.05, 3.63) is 74.9 Å². The smallest absolute Gasteiger partial charge is 0.336 e. The maximum Gasteiger partial charge on any atom is 0.336 e. The molecule has 156 valence electrons. The summed E-state index contributed by atoms with van der Waals surface area (Å²) in [6.07, 6.45) is 4.02. The van der Waals surface area contributed by atoms with Crippen LogP contribution in [0.25, 0.3) is 16.6 Å². The number of nitrogens with zero attached hydrogens (tertiary/aromatic N) is 3. The molecular weight excluding hydrogens is 378 g/mol. The Balaban J connectivity index is 1.85. The molecule has 6 nitrogen and oxygen atoms in total. The minimum atomic E-state index is -0.485. The molecule has 0 radical (unpaired) electrons. The van der Waals surface area contributed by atoms with Crippen molar-refractivity contribution in [3.8, 4) is 5.69 Å². The second kappa shape index (κ2) is 8.30. The molecule has 6 heteroatoms. The lowest BCUT2D eigenvalue weighted by molar-refractivity contribution is -0.135. The van der Waals surface area contributed by atoms with Crippen LogP contribution in [0.5, 0.6) is 0 Å². The molecule has 1 amide bonds. The SMILES string of the molecule is CC[C@@H]1CCCCN1C(=O)Cn1c(=O)n(-c2ccc(C)cc2)c(=O)c2ccccc21. The lowest BCUT2D eigenvalue weighted by Crippen LogP contribution is -2.47. The summed E-state index contributed by atoms with van der Waals surface area (Å²) in [5.41, 5.74) is 1.19. The Morgan fingerprint density at radius 3 is 2.50 bits per heavy atom. The fourth-order valence-corrected chi connectivity index (χ4v) is 4.37. The standard InChI is InChI=1S/C24H27N3O3/c1-3-18-8-6-7-15-25(18)22(28)16-26-21-10-5-4-9-20(21)23(29)27(24(26)30)19-13-11-17(2)12-14-19/h4-5,9-14,18H,3,6-8,15-16H2,1-2H3/t18-/m1/s1. The number of likely N-dealkylation sites (tertiary alicyclic amines) is 1. The number of aromatic nitrogens is 2. The third-order valence-electron chi connectivity index (χ3n) is 6.05. The predicted octanol–water partition coefficient (Wildman–Crippen LogP) is 3.25. The van der Waals surface area contributed by atoms with E-state index in [0.29, 0.717) is 16.6 Å². The first-order chi connectivity index (χ1) is 14.5. The van der Waals surface area contributed by atoms with E-state index in [-0.39, 0.29) is 24.1 Å². The van der Waals surface area contributed by atoms with Gasteiger partial charge in [-0.1, -0.05) is 36.8 Å². The van der Waals surface area contributed by atoms with E-state index >= 15 is 0 Å². The highest BCUT2D eigenvalue weighted by Gasteiger charge is 2.26. The summed E-state index contributed by atoms with van der Waals surface area (Å²) < 4.78 is 2.61. The number of benzene rings is 2. The zero-order chi connectivity index (χ0) is 21.3. The molecule has 1 atom stereocenters. The highest BCUT2D eigenvalue weighted by atomic mass is 16.2. The molecule has 0 unspecified atom stereocenters. The van der Waals surface area contributed by atoms with Gasteiger partial charge in [0.15, 0.2) is 0 Å². The lowest BCUT2D eigenvalue weighted by Gasteiger charge is -2.35. The zero-order valence-electron chi connectivity index (χ0n) is 17.5. The van der Waals surface area contributed by atoms with E-state index in [1.807, 2.05) is 24.0 Å². The van der Waals surface area contributed by atoms with Crippen molar-refractivity contribution in [2.45, 2.75) is 52.1 Å². The maximum atomic E-state index is 13.4. The van der Waals surface area contributed by atoms with Gasteiger partial charge in [-0.15, -0.1) is 0 Å². The summed E-state index contributed by atoms with van der Waals surface area (Å²) >= 11 is 0. The Hall–Kier alpha value is -3.15. The van der Waals surface area contributed by atoms with Crippen LogP contribution in [0.4, 0.5) is 0 Å². The quantitative estimate of drug-likeness (QED) is 0.669. The molecule has 1 aliphatic rings. The Labute approximate surface area is 175 Å². The van der Waals surface area contributed by atoms with Crippen molar-refractivity contribution in [2.24, 2.45) is 0 Å². The van der Waals surface area contributed by atoms with Crippen LogP contribution in [-0.4, -0.2) is 32.5 Å². The van der Waals surface area contributed by atoms with Crippen LogP contribution in [0.15, 0.2) is 58.1 Å². The van der Waals surface area contributed by atoms with Crippen LogP contribution >= 0.6 is 0 Å². The van der Waals surface area contributed by atoms with Gasteiger partial charge < -0.3 is 4.90 Å². The molecule has 0 saturated carbocycles. The average Bonchev–Trinajstić information content (AvgIpc) is 2.77. The topological polar surface area (TPSA) is 64.3 Å². The molecule has 0 bridgehead atoms. The zero-order valence-corrected chi connectivity index (χ0v) is 17.5. The van der Waals surface area contributed by atoms with Crippen LogP contribution in [0.1, 0.15) is 38.2 Å². The van der Waals surface area contributed by atoms with Gasteiger partial charge in [-0.2, -0.15) is 0 Å². The molecule has 0 aliphatic carbocycles. The molecule has 2 aromatic carbocycles. The van der Waals surface area contributed by atoms with Gasteiger partial charge in [0.2, 0.25) is 5.91 Å². The highest BCUT2D eigenvalue weighted by Crippen LogP contribution is 2.20. The number of fused-ring (bicyclic) bond motifs is 1. The molecule has 1 fully saturated rings. The third kappa shape index (κ3) is 3.58. The van der Waals surface area contributed by atoms with E-state index in [1.165, 1.54) is 9.13 Å². The van der Waals surface area contributed by atoms with Gasteiger partial charge >= 0.3 is 5.69 Å². The van der Waals surface area contributed by atoms with Crippen molar-refractivity contribution < 1.29 is 4.79 Å². The minimum absolute atomic E-state index is 0.0668. The van der Waals surface area contributed by atoms with Gasteiger partial charge in [-0.05, 0) is 56.9 Å². The van der Waals surface area contributed by atoms with Crippen LogP contribution in [0, 0.1) is 6.92 Å². The number of para-hydroxylation sites is 1. The van der Waals surface area contributed by atoms with Crippen molar-refractivity contribution in [1.29, 1.82) is 0 Å². The van der Waals surface area contributed by atoms with E-state index in [9.17, 15) is 14.4 Å². The Morgan fingerprint density at radius 1 is 1.03 bits per heavy atom. The molecule has 1 aliphatic heterocycles. The number of piperidine rings is 1. The predicted molar refractivity (Wildman–Crippen MR) is 118 cm³/mol. The monoisotopic (exact) mass is 405 g/mol. The van der Waals surface area contributed by atoms with Gasteiger partial charge in [-0.25, -0.2) is 9.36 Å². The van der Waals surface area contributed by atoms with E-state index in [2.05, 4.69) is 6.92 Å². The molecule has 0 N–H and O–H groups in total. The van der Waals surface area contributed by atoms with Crippen LogP contribution in [0.3, 0.4) is 0 Å². The molecule has 4 rings (SSSR count). The summed E-state index contributed by atoms with van der Waals surface area (Å²) in [5.74, 6) is -0.0668. The summed E-state index contributed by atoms with van der Waals surface area (Å²) in [6, 6.07) is 14.5. The Bertz CT molecular complexity index is 1190. The van der Waals surface area contributed by atoms with E-state index in [1.54, 1.807) is 36.4 Å². The van der Waals surface area contributed by atoms with Crippen molar-refractivity contribution in [3.63, 3.8) is 0 Å². The number of aryl methyl sites for hydroxylation is 1. The average molecular weight is 405 g/mol. The lowest BCUT2D eigenvalue weighted by atomic mass is 10.00. The number of carbonyl (C=O) groups excluding carboxylic acids is 1. The van der Waals surface area contributed by atoms with E-state index in [0.717, 1.165) is 37.8 Å². The summed E-state index contributed by atoms with van der Waals surface area (Å²) in [7, 11) is 0. The minimum Gasteiger partial charge on any atom is -0.338 e. The second-order valence-electron chi connectivity index (χ2n) is 8.01. The summed E-state index contributed by atoms with van der Waals surface area (Å²) in [5, 5.41) is 0.427. The van der Waals surface area contributed by atoms with Crippen molar-refractivity contribution >= 4 is 16.8 Å². The first-order valence-corrected chi connectivity index (χ1v) is 10.6. The number of rotatable bonds is 4. The van der Waals surface area contributed by atoms with Gasteiger partial charge in [0, 0.05) is 12.6 Å². The number of carbonyl (C=O) groups is 1. The van der Waals surface area contributed by atoms with Gasteiger partial charge in [0.05, 0.1) is 16.6 Å². The van der Waals surface area contributed by atoms with Crippen LogP contribution < -0.4 is 11.2 Å². The highest BCUT2D eigenvalue weighted by molar-refractivity contribution is 5.82. The Kier molecular flexibility index (Phi) is 5.57. The van der Waals surface area contributed by atoms with E-state index < -0.39 is 5.69 Å². The van der Waals surface area contributed by atoms with Gasteiger partial charge in [0.1, 0.15) is 6.54 Å². The van der Waals surface area contributed by atoms with Gasteiger partial charge in [0.25, 0.3) is 5.56 Å². The first kappa shape index (κ1) is 20.1. The number of hydrogen-bond donors (Lipinski definition) is 0. The number of hydrogen-bond acceptors (Lipinski definition) is 3. The second-order valence-corrected chi connectivity index (χ2v) is 8.01.